The number of halogens is 1. The SMILES string of the molecule is COc1ccc(CN2C(=O)C(=O)/C(=C(/O)c3cc(Cl)c(OC)cc3OC)C2c2cccnc2)cc1. The van der Waals surface area contributed by atoms with Crippen LogP contribution >= 0.6 is 11.6 Å². The maximum absolute atomic E-state index is 13.3. The molecule has 9 heteroatoms. The first-order chi connectivity index (χ1) is 16.9. The molecule has 1 aromatic heterocycles. The molecule has 1 N–H and O–H groups in total. The molecule has 8 nitrogen and oxygen atoms in total. The number of carbonyl (C=O) groups is 2. The minimum Gasteiger partial charge on any atom is -0.507 e. The molecule has 3 aromatic rings. The van der Waals surface area contributed by atoms with E-state index in [0.717, 1.165) is 5.56 Å². The highest BCUT2D eigenvalue weighted by atomic mass is 35.5. The average Bonchev–Trinajstić information content (AvgIpc) is 3.14. The van der Waals surface area contributed by atoms with Gasteiger partial charge in [0.15, 0.2) is 0 Å². The van der Waals surface area contributed by atoms with Gasteiger partial charge in [0, 0.05) is 25.0 Å². The minimum absolute atomic E-state index is 0.0870. The first kappa shape index (κ1) is 24.1. The molecule has 1 unspecified atom stereocenters. The molecule has 1 saturated heterocycles. The summed E-state index contributed by atoms with van der Waals surface area (Å²) in [6, 6.07) is 12.7. The van der Waals surface area contributed by atoms with E-state index >= 15 is 0 Å². The lowest BCUT2D eigenvalue weighted by Crippen LogP contribution is -2.29. The number of amides is 1. The van der Waals surface area contributed by atoms with Crippen LogP contribution in [0, 0.1) is 0 Å². The monoisotopic (exact) mass is 494 g/mol. The van der Waals surface area contributed by atoms with E-state index in [9.17, 15) is 14.7 Å². The highest BCUT2D eigenvalue weighted by Gasteiger charge is 2.46. The largest absolute Gasteiger partial charge is 0.507 e. The molecular formula is C26H23ClN2O6. The Balaban J connectivity index is 1.87. The number of nitrogens with zero attached hydrogens (tertiary/aromatic N) is 2. The molecular weight excluding hydrogens is 472 g/mol. The molecule has 2 aromatic carbocycles. The highest BCUT2D eigenvalue weighted by molar-refractivity contribution is 6.46. The van der Waals surface area contributed by atoms with Gasteiger partial charge in [-0.2, -0.15) is 0 Å². The van der Waals surface area contributed by atoms with Gasteiger partial charge in [-0.25, -0.2) is 0 Å². The normalized spacial score (nSPS) is 16.9. The van der Waals surface area contributed by atoms with Crippen molar-refractivity contribution in [3.63, 3.8) is 0 Å². The van der Waals surface area contributed by atoms with Crippen LogP contribution in [-0.4, -0.2) is 48.0 Å². The number of ether oxygens (including phenoxy) is 3. The van der Waals surface area contributed by atoms with Crippen LogP contribution in [0.5, 0.6) is 17.2 Å². The molecule has 0 bridgehead atoms. The summed E-state index contributed by atoms with van der Waals surface area (Å²) in [5.41, 5.74) is 1.43. The molecule has 0 saturated carbocycles. The van der Waals surface area contributed by atoms with E-state index < -0.39 is 23.5 Å². The van der Waals surface area contributed by atoms with Crippen molar-refractivity contribution in [2.24, 2.45) is 0 Å². The number of likely N-dealkylation sites (tertiary alicyclic amines) is 1. The number of carbonyl (C=O) groups excluding carboxylic acids is 2. The fourth-order valence-corrected chi connectivity index (χ4v) is 4.29. The predicted octanol–water partition coefficient (Wildman–Crippen LogP) is 4.38. The lowest BCUT2D eigenvalue weighted by Gasteiger charge is -2.25. The van der Waals surface area contributed by atoms with Gasteiger partial charge in [0.05, 0.1) is 43.5 Å². The van der Waals surface area contributed by atoms with Gasteiger partial charge in [-0.15, -0.1) is 0 Å². The maximum Gasteiger partial charge on any atom is 0.295 e. The Morgan fingerprint density at radius 3 is 2.34 bits per heavy atom. The number of benzene rings is 2. The Morgan fingerprint density at radius 1 is 1.03 bits per heavy atom. The quantitative estimate of drug-likeness (QED) is 0.295. The summed E-state index contributed by atoms with van der Waals surface area (Å²) in [6.07, 6.45) is 3.15. The van der Waals surface area contributed by atoms with Crippen LogP contribution in [-0.2, 0) is 16.1 Å². The first-order valence-corrected chi connectivity index (χ1v) is 11.0. The highest BCUT2D eigenvalue weighted by Crippen LogP contribution is 2.43. The molecule has 0 aliphatic carbocycles. The smallest absolute Gasteiger partial charge is 0.295 e. The average molecular weight is 495 g/mol. The van der Waals surface area contributed by atoms with Crippen molar-refractivity contribution < 1.29 is 28.9 Å². The van der Waals surface area contributed by atoms with Crippen LogP contribution in [0.25, 0.3) is 5.76 Å². The van der Waals surface area contributed by atoms with Crippen LogP contribution in [0.4, 0.5) is 0 Å². The van der Waals surface area contributed by atoms with Crippen LogP contribution in [0.3, 0.4) is 0 Å². The Hall–Kier alpha value is -4.04. The lowest BCUT2D eigenvalue weighted by molar-refractivity contribution is -0.140. The summed E-state index contributed by atoms with van der Waals surface area (Å²) >= 11 is 6.29. The second kappa shape index (κ2) is 10.1. The summed E-state index contributed by atoms with van der Waals surface area (Å²) in [5, 5.41) is 11.6. The van der Waals surface area contributed by atoms with E-state index in [-0.39, 0.29) is 28.5 Å². The molecule has 4 rings (SSSR count). The van der Waals surface area contributed by atoms with Crippen molar-refractivity contribution in [1.29, 1.82) is 0 Å². The summed E-state index contributed by atoms with van der Waals surface area (Å²) < 4.78 is 15.8. The lowest BCUT2D eigenvalue weighted by atomic mass is 9.95. The summed E-state index contributed by atoms with van der Waals surface area (Å²) in [7, 11) is 4.43. The number of rotatable bonds is 7. The molecule has 0 spiro atoms. The number of aromatic nitrogens is 1. The van der Waals surface area contributed by atoms with Crippen LogP contribution < -0.4 is 14.2 Å². The maximum atomic E-state index is 13.3. The number of hydrogen-bond acceptors (Lipinski definition) is 7. The van der Waals surface area contributed by atoms with E-state index in [4.69, 9.17) is 25.8 Å². The van der Waals surface area contributed by atoms with Gasteiger partial charge in [0.1, 0.15) is 23.0 Å². The molecule has 1 aliphatic heterocycles. The van der Waals surface area contributed by atoms with E-state index in [1.165, 1.54) is 31.3 Å². The minimum atomic E-state index is -0.878. The van der Waals surface area contributed by atoms with Gasteiger partial charge < -0.3 is 24.2 Å². The molecule has 1 amide bonds. The van der Waals surface area contributed by atoms with Crippen molar-refractivity contribution in [3.05, 3.63) is 88.2 Å². The standard InChI is InChI=1S/C26H23ClN2O6/c1-33-17-8-6-15(7-9-17)14-29-23(16-5-4-10-28-13-16)22(25(31)26(29)32)24(30)18-11-19(27)21(35-3)12-20(18)34-2/h4-13,23,30H,14H2,1-3H3/b24-22+. The van der Waals surface area contributed by atoms with Gasteiger partial charge in [-0.1, -0.05) is 29.8 Å². The number of ketones is 1. The van der Waals surface area contributed by atoms with Gasteiger partial charge in [-0.3, -0.25) is 14.6 Å². The predicted molar refractivity (Wildman–Crippen MR) is 130 cm³/mol. The van der Waals surface area contributed by atoms with Crippen LogP contribution in [0.1, 0.15) is 22.7 Å². The molecule has 1 aliphatic rings. The van der Waals surface area contributed by atoms with Crippen molar-refractivity contribution in [3.8, 4) is 17.2 Å². The van der Waals surface area contributed by atoms with Crippen molar-refractivity contribution in [2.75, 3.05) is 21.3 Å². The van der Waals surface area contributed by atoms with Crippen LogP contribution in [0.15, 0.2) is 66.5 Å². The van der Waals surface area contributed by atoms with Crippen molar-refractivity contribution in [1.82, 2.24) is 9.88 Å². The number of pyridine rings is 1. The fourth-order valence-electron chi connectivity index (χ4n) is 4.05. The van der Waals surface area contributed by atoms with E-state index in [2.05, 4.69) is 4.98 Å². The number of Topliss-reactive ketones (excluding diaryl/α,β-unsaturated/α-hetero) is 1. The number of hydrogen-bond donors (Lipinski definition) is 1. The second-order valence-electron chi connectivity index (χ2n) is 7.75. The zero-order chi connectivity index (χ0) is 25.1. The van der Waals surface area contributed by atoms with Crippen LogP contribution in [0.2, 0.25) is 5.02 Å². The summed E-state index contributed by atoms with van der Waals surface area (Å²) in [4.78, 5) is 32.0. The number of aliphatic hydroxyl groups excluding tert-OH is 1. The first-order valence-electron chi connectivity index (χ1n) is 10.6. The molecule has 2 heterocycles. The molecule has 180 valence electrons. The topological polar surface area (TPSA) is 98.2 Å². The van der Waals surface area contributed by atoms with E-state index in [1.54, 1.807) is 43.8 Å². The third-order valence-corrected chi connectivity index (χ3v) is 6.08. The Kier molecular flexibility index (Phi) is 6.93. The number of methoxy groups -OCH3 is 3. The zero-order valence-corrected chi connectivity index (χ0v) is 20.1. The second-order valence-corrected chi connectivity index (χ2v) is 8.16. The number of aliphatic hydroxyl groups is 1. The van der Waals surface area contributed by atoms with Crippen molar-refractivity contribution in [2.45, 2.75) is 12.6 Å². The summed E-state index contributed by atoms with van der Waals surface area (Å²) in [6.45, 7) is 0.130. The molecule has 1 atom stereocenters. The van der Waals surface area contributed by atoms with Gasteiger partial charge in [-0.05, 0) is 35.4 Å². The Labute approximate surface area is 207 Å². The third-order valence-electron chi connectivity index (χ3n) is 5.78. The molecule has 35 heavy (non-hydrogen) atoms. The van der Waals surface area contributed by atoms with Gasteiger partial charge >= 0.3 is 0 Å². The Bertz CT molecular complexity index is 1290. The third kappa shape index (κ3) is 4.52. The van der Waals surface area contributed by atoms with Gasteiger partial charge in [0.25, 0.3) is 11.7 Å². The molecule has 0 radical (unpaired) electrons. The zero-order valence-electron chi connectivity index (χ0n) is 19.3. The Morgan fingerprint density at radius 2 is 1.74 bits per heavy atom. The van der Waals surface area contributed by atoms with E-state index in [0.29, 0.717) is 17.1 Å². The van der Waals surface area contributed by atoms with Gasteiger partial charge in [0.2, 0.25) is 0 Å². The fraction of sp³-hybridized carbons (Fsp3) is 0.192. The van der Waals surface area contributed by atoms with E-state index in [1.807, 2.05) is 12.1 Å². The summed E-state index contributed by atoms with van der Waals surface area (Å²) in [5.74, 6) is -0.730. The molecule has 1 fully saturated rings. The van der Waals surface area contributed by atoms with Crippen molar-refractivity contribution >= 4 is 29.1 Å².